The van der Waals surface area contributed by atoms with E-state index in [-0.39, 0.29) is 47.6 Å². The average Bonchev–Trinajstić information content (AvgIpc) is 3.72. The predicted molar refractivity (Wildman–Crippen MR) is 141 cm³/mol. The first-order valence-electron chi connectivity index (χ1n) is 12.3. The number of carbonyl (C=O) groups is 2. The van der Waals surface area contributed by atoms with Crippen molar-refractivity contribution in [2.75, 3.05) is 17.2 Å². The van der Waals surface area contributed by atoms with E-state index in [1.807, 2.05) is 0 Å². The van der Waals surface area contributed by atoms with Crippen LogP contribution in [0, 0.1) is 24.1 Å². The number of alkyl halides is 3. The fourth-order valence-corrected chi connectivity index (χ4v) is 4.45. The Labute approximate surface area is 237 Å². The molecule has 220 valence electrons. The standard InChI is InChI=1S/C27H22F4N4O6S/c1-3-40-24(36)26(10-11-26)22-13-18(19(14-32)23(35-22)41-42(38,39)27(29,30)31)16-5-7-17(8-6-16)33-25(37)34-21-12-15(2)4-9-20(21)28/h4-9,12-13H,3,10-11H2,1-2H3,(H2,33,34,37). The summed E-state index contributed by atoms with van der Waals surface area (Å²) in [5.74, 6) is -2.52. The predicted octanol–water partition coefficient (Wildman–Crippen LogP) is 5.53. The van der Waals surface area contributed by atoms with E-state index in [1.54, 1.807) is 19.9 Å². The zero-order chi connectivity index (χ0) is 30.9. The van der Waals surface area contributed by atoms with Gasteiger partial charge in [0.25, 0.3) is 5.88 Å². The molecule has 2 aromatic carbocycles. The van der Waals surface area contributed by atoms with Gasteiger partial charge in [-0.3, -0.25) is 4.79 Å². The van der Waals surface area contributed by atoms with Gasteiger partial charge in [0.05, 0.1) is 18.0 Å². The van der Waals surface area contributed by atoms with Crippen LogP contribution in [0.25, 0.3) is 11.1 Å². The molecule has 2 amide bonds. The van der Waals surface area contributed by atoms with Gasteiger partial charge in [-0.15, -0.1) is 0 Å². The van der Waals surface area contributed by atoms with Crippen LogP contribution in [0.15, 0.2) is 48.5 Å². The first kappa shape index (κ1) is 30.3. The number of anilines is 2. The van der Waals surface area contributed by atoms with E-state index in [0.29, 0.717) is 5.56 Å². The Bertz CT molecular complexity index is 1700. The first-order valence-corrected chi connectivity index (χ1v) is 13.7. The van der Waals surface area contributed by atoms with Gasteiger partial charge < -0.3 is 19.6 Å². The molecule has 0 saturated heterocycles. The van der Waals surface area contributed by atoms with Crippen LogP contribution in [0.1, 0.15) is 36.6 Å². The number of esters is 1. The molecule has 0 radical (unpaired) electrons. The number of hydrogen-bond donors (Lipinski definition) is 2. The molecule has 1 fully saturated rings. The molecule has 10 nitrogen and oxygen atoms in total. The zero-order valence-corrected chi connectivity index (χ0v) is 22.8. The van der Waals surface area contributed by atoms with Crippen LogP contribution in [0.2, 0.25) is 0 Å². The number of aromatic nitrogens is 1. The van der Waals surface area contributed by atoms with Crippen LogP contribution in [0.3, 0.4) is 0 Å². The number of carbonyl (C=O) groups excluding carboxylic acids is 2. The van der Waals surface area contributed by atoms with Gasteiger partial charge in [0.15, 0.2) is 0 Å². The molecule has 1 aromatic heterocycles. The number of aryl methyl sites for hydroxylation is 1. The van der Waals surface area contributed by atoms with Crippen LogP contribution in [-0.4, -0.2) is 37.5 Å². The maximum absolute atomic E-state index is 14.0. The summed E-state index contributed by atoms with van der Waals surface area (Å²) >= 11 is 0. The highest BCUT2D eigenvalue weighted by molar-refractivity contribution is 7.88. The lowest BCUT2D eigenvalue weighted by atomic mass is 9.95. The van der Waals surface area contributed by atoms with Gasteiger partial charge in [-0.2, -0.15) is 26.9 Å². The quantitative estimate of drug-likeness (QED) is 0.147. The topological polar surface area (TPSA) is 147 Å². The summed E-state index contributed by atoms with van der Waals surface area (Å²) in [7, 11) is -6.22. The molecule has 1 heterocycles. The molecule has 0 spiro atoms. The third kappa shape index (κ3) is 6.13. The van der Waals surface area contributed by atoms with Gasteiger partial charge in [0.2, 0.25) is 0 Å². The van der Waals surface area contributed by atoms with E-state index >= 15 is 0 Å². The van der Waals surface area contributed by atoms with Crippen molar-refractivity contribution in [1.82, 2.24) is 4.98 Å². The normalized spacial score (nSPS) is 13.9. The highest BCUT2D eigenvalue weighted by atomic mass is 32.2. The molecular formula is C27H22F4N4O6S. The number of urea groups is 1. The van der Waals surface area contributed by atoms with E-state index in [9.17, 15) is 40.8 Å². The number of rotatable bonds is 8. The number of hydrogen-bond acceptors (Lipinski definition) is 8. The van der Waals surface area contributed by atoms with Crippen molar-refractivity contribution < 1.29 is 44.5 Å². The van der Waals surface area contributed by atoms with Crippen molar-refractivity contribution in [1.29, 1.82) is 5.26 Å². The Kier molecular flexibility index (Phi) is 8.13. The summed E-state index contributed by atoms with van der Waals surface area (Å²) in [4.78, 5) is 28.9. The van der Waals surface area contributed by atoms with E-state index in [4.69, 9.17) is 4.74 Å². The number of amides is 2. The molecule has 15 heteroatoms. The van der Waals surface area contributed by atoms with Crippen molar-refractivity contribution in [3.05, 3.63) is 71.2 Å². The molecule has 2 N–H and O–H groups in total. The van der Waals surface area contributed by atoms with Gasteiger partial charge in [-0.25, -0.2) is 14.2 Å². The number of nitriles is 1. The number of benzene rings is 2. The average molecular weight is 607 g/mol. The number of nitrogens with zero attached hydrogens (tertiary/aromatic N) is 2. The Morgan fingerprint density at radius 3 is 2.33 bits per heavy atom. The Morgan fingerprint density at radius 2 is 1.76 bits per heavy atom. The Morgan fingerprint density at radius 1 is 1.10 bits per heavy atom. The summed E-state index contributed by atoms with van der Waals surface area (Å²) in [6.45, 7) is 3.28. The highest BCUT2D eigenvalue weighted by Crippen LogP contribution is 2.50. The highest BCUT2D eigenvalue weighted by Gasteiger charge is 2.55. The molecule has 42 heavy (non-hydrogen) atoms. The molecule has 1 saturated carbocycles. The second-order valence-corrected chi connectivity index (χ2v) is 10.8. The van der Waals surface area contributed by atoms with E-state index < -0.39 is 50.3 Å². The van der Waals surface area contributed by atoms with E-state index in [0.717, 1.165) is 0 Å². The third-order valence-corrected chi connectivity index (χ3v) is 7.24. The fraction of sp³-hybridized carbons (Fsp3) is 0.259. The number of pyridine rings is 1. The van der Waals surface area contributed by atoms with Crippen LogP contribution >= 0.6 is 0 Å². The van der Waals surface area contributed by atoms with Gasteiger partial charge in [0.1, 0.15) is 22.9 Å². The summed E-state index contributed by atoms with van der Waals surface area (Å²) in [6, 6.07) is 11.8. The van der Waals surface area contributed by atoms with Crippen LogP contribution in [-0.2, 0) is 25.1 Å². The molecule has 0 atom stereocenters. The summed E-state index contributed by atoms with van der Waals surface area (Å²) in [5.41, 5.74) is -6.95. The summed E-state index contributed by atoms with van der Waals surface area (Å²) in [5, 5.41) is 14.7. The second kappa shape index (κ2) is 11.3. The van der Waals surface area contributed by atoms with Gasteiger partial charge in [-0.05, 0) is 68.1 Å². The number of ether oxygens (including phenoxy) is 1. The summed E-state index contributed by atoms with van der Waals surface area (Å²) < 4.78 is 86.3. The Hall–Kier alpha value is -4.71. The second-order valence-electron chi connectivity index (χ2n) is 9.27. The number of nitrogens with one attached hydrogen (secondary N) is 2. The molecule has 0 unspecified atom stereocenters. The van der Waals surface area contributed by atoms with Crippen molar-refractivity contribution in [2.45, 2.75) is 37.6 Å². The monoisotopic (exact) mass is 606 g/mol. The number of halogens is 4. The summed E-state index contributed by atoms with van der Waals surface area (Å²) in [6.07, 6.45) is 0.435. The van der Waals surface area contributed by atoms with Crippen LogP contribution in [0.4, 0.5) is 33.7 Å². The minimum Gasteiger partial charge on any atom is -0.465 e. The first-order chi connectivity index (χ1) is 19.7. The van der Waals surface area contributed by atoms with Crippen LogP contribution in [0.5, 0.6) is 5.88 Å². The van der Waals surface area contributed by atoms with Crippen molar-refractivity contribution in [2.24, 2.45) is 0 Å². The van der Waals surface area contributed by atoms with E-state index in [2.05, 4.69) is 19.8 Å². The van der Waals surface area contributed by atoms with Crippen molar-refractivity contribution in [3.63, 3.8) is 0 Å². The fourth-order valence-electron chi connectivity index (χ4n) is 4.03. The van der Waals surface area contributed by atoms with E-state index in [1.165, 1.54) is 48.5 Å². The van der Waals surface area contributed by atoms with Crippen molar-refractivity contribution in [3.8, 4) is 23.1 Å². The minimum atomic E-state index is -6.22. The van der Waals surface area contributed by atoms with Gasteiger partial charge in [0, 0.05) is 11.3 Å². The lowest BCUT2D eigenvalue weighted by molar-refractivity contribution is -0.146. The molecule has 0 aliphatic heterocycles. The SMILES string of the molecule is CCOC(=O)C1(c2cc(-c3ccc(NC(=O)Nc4cc(C)ccc4F)cc3)c(C#N)c(OS(=O)(=O)C(F)(F)F)n2)CC1. The van der Waals surface area contributed by atoms with Crippen LogP contribution < -0.4 is 14.8 Å². The third-order valence-electron chi connectivity index (χ3n) is 6.30. The molecule has 1 aliphatic carbocycles. The van der Waals surface area contributed by atoms with Gasteiger partial charge in [-0.1, -0.05) is 18.2 Å². The lowest BCUT2D eigenvalue weighted by Gasteiger charge is -2.18. The molecule has 3 aromatic rings. The maximum Gasteiger partial charge on any atom is 0.534 e. The smallest absolute Gasteiger partial charge is 0.465 e. The molecule has 0 bridgehead atoms. The Balaban J connectivity index is 1.71. The zero-order valence-electron chi connectivity index (χ0n) is 22.0. The van der Waals surface area contributed by atoms with Crippen molar-refractivity contribution >= 4 is 33.5 Å². The lowest BCUT2D eigenvalue weighted by Crippen LogP contribution is -2.29. The molecular weight excluding hydrogens is 584 g/mol. The van der Waals surface area contributed by atoms with Gasteiger partial charge >= 0.3 is 27.6 Å². The maximum atomic E-state index is 14.0. The minimum absolute atomic E-state index is 0.00803. The molecule has 4 rings (SSSR count). The largest absolute Gasteiger partial charge is 0.534 e. The molecule has 1 aliphatic rings.